The number of carbonyl (C=O) groups is 1. The summed E-state index contributed by atoms with van der Waals surface area (Å²) in [4.78, 5) is 23.8. The third-order valence-electron chi connectivity index (χ3n) is 5.41. The van der Waals surface area contributed by atoms with Crippen molar-refractivity contribution in [1.29, 1.82) is 0 Å². The van der Waals surface area contributed by atoms with Crippen molar-refractivity contribution in [2.24, 2.45) is 5.92 Å². The minimum Gasteiger partial charge on any atom is -0.495 e. The van der Waals surface area contributed by atoms with Gasteiger partial charge in [-0.3, -0.25) is 4.98 Å². The van der Waals surface area contributed by atoms with Gasteiger partial charge in [0.2, 0.25) is 10.1 Å². The van der Waals surface area contributed by atoms with Crippen LogP contribution in [0.15, 0.2) is 18.5 Å². The maximum atomic E-state index is 12.2. The van der Waals surface area contributed by atoms with Crippen molar-refractivity contribution >= 4 is 27.5 Å². The summed E-state index contributed by atoms with van der Waals surface area (Å²) in [6, 6.07) is 1.94. The molecule has 0 atom stereocenters. The molecule has 3 aromatic heterocycles. The van der Waals surface area contributed by atoms with Gasteiger partial charge in [-0.05, 0) is 52.5 Å². The molecule has 1 N–H and O–H groups in total. The van der Waals surface area contributed by atoms with Gasteiger partial charge in [-0.15, -0.1) is 5.10 Å². The fourth-order valence-corrected chi connectivity index (χ4v) is 4.64. The van der Waals surface area contributed by atoms with E-state index in [1.807, 2.05) is 38.3 Å². The van der Waals surface area contributed by atoms with Crippen LogP contribution in [0, 0.1) is 12.8 Å². The number of pyridine rings is 1. The van der Waals surface area contributed by atoms with Crippen molar-refractivity contribution in [3.05, 3.63) is 24.2 Å². The Morgan fingerprint density at radius 2 is 2.03 bits per heavy atom. The number of aryl methyl sites for hydroxylation is 1. The number of hydrogen-bond donors (Lipinski definition) is 1. The molecule has 1 amide bonds. The second-order valence-electron chi connectivity index (χ2n) is 9.05. The molecule has 172 valence electrons. The van der Waals surface area contributed by atoms with Crippen LogP contribution in [0.4, 0.5) is 9.93 Å². The van der Waals surface area contributed by atoms with E-state index < -0.39 is 5.60 Å². The predicted molar refractivity (Wildman–Crippen MR) is 124 cm³/mol. The van der Waals surface area contributed by atoms with Crippen LogP contribution in [0.5, 0.6) is 5.75 Å². The molecule has 0 aromatic carbocycles. The first-order chi connectivity index (χ1) is 15.2. The van der Waals surface area contributed by atoms with Crippen LogP contribution in [-0.4, -0.2) is 62.9 Å². The number of fused-ring (bicyclic) bond motifs is 1. The van der Waals surface area contributed by atoms with Gasteiger partial charge >= 0.3 is 6.09 Å². The Kier molecular flexibility index (Phi) is 6.23. The molecule has 0 spiro atoms. The summed E-state index contributed by atoms with van der Waals surface area (Å²) in [6.45, 7) is 9.90. The highest BCUT2D eigenvalue weighted by Crippen LogP contribution is 2.30. The second-order valence-corrected chi connectivity index (χ2v) is 10.0. The molecular formula is C22H30N6O3S. The van der Waals surface area contributed by atoms with Gasteiger partial charge < -0.3 is 19.7 Å². The summed E-state index contributed by atoms with van der Waals surface area (Å²) in [5, 5.41) is 9.04. The van der Waals surface area contributed by atoms with Crippen LogP contribution in [0.25, 0.3) is 16.2 Å². The normalized spacial score (nSPS) is 15.2. The Bertz CT molecular complexity index is 1090. The maximum Gasteiger partial charge on any atom is 0.410 e. The number of nitrogens with zero attached hydrogens (tertiary/aromatic N) is 5. The molecule has 0 bridgehead atoms. The molecule has 3 aromatic rings. The zero-order chi connectivity index (χ0) is 22.9. The second kappa shape index (κ2) is 8.93. The number of rotatable bonds is 5. The topological polar surface area (TPSA) is 93.9 Å². The lowest BCUT2D eigenvalue weighted by Gasteiger charge is -2.33. The van der Waals surface area contributed by atoms with E-state index in [-0.39, 0.29) is 6.09 Å². The molecule has 9 nitrogen and oxygen atoms in total. The number of imidazole rings is 1. The van der Waals surface area contributed by atoms with Crippen molar-refractivity contribution in [2.75, 3.05) is 32.1 Å². The van der Waals surface area contributed by atoms with Crippen LogP contribution in [0.2, 0.25) is 0 Å². The molecule has 4 rings (SSSR count). The lowest BCUT2D eigenvalue weighted by atomic mass is 9.97. The Balaban J connectivity index is 1.38. The van der Waals surface area contributed by atoms with Crippen molar-refractivity contribution in [3.63, 3.8) is 0 Å². The van der Waals surface area contributed by atoms with Gasteiger partial charge in [0, 0.05) is 31.4 Å². The van der Waals surface area contributed by atoms with E-state index in [9.17, 15) is 4.79 Å². The first kappa shape index (κ1) is 22.3. The molecule has 1 fully saturated rings. The van der Waals surface area contributed by atoms with Gasteiger partial charge in [0.15, 0.2) is 0 Å². The molecule has 0 unspecified atom stereocenters. The van der Waals surface area contributed by atoms with Crippen molar-refractivity contribution in [2.45, 2.75) is 46.1 Å². The number of hydrogen-bond acceptors (Lipinski definition) is 8. The number of piperidine rings is 1. The number of methoxy groups -OCH3 is 1. The Morgan fingerprint density at radius 1 is 1.28 bits per heavy atom. The monoisotopic (exact) mass is 458 g/mol. The van der Waals surface area contributed by atoms with E-state index in [2.05, 4.69) is 15.3 Å². The van der Waals surface area contributed by atoms with Crippen LogP contribution < -0.4 is 10.1 Å². The highest BCUT2D eigenvalue weighted by atomic mass is 32.1. The first-order valence-corrected chi connectivity index (χ1v) is 11.6. The minimum absolute atomic E-state index is 0.222. The fourth-order valence-electron chi connectivity index (χ4n) is 3.79. The molecule has 1 saturated heterocycles. The number of carbonyl (C=O) groups excluding carboxylic acids is 1. The van der Waals surface area contributed by atoms with Gasteiger partial charge in [-0.25, -0.2) is 14.3 Å². The van der Waals surface area contributed by atoms with Gasteiger partial charge in [0.05, 0.1) is 24.7 Å². The van der Waals surface area contributed by atoms with Gasteiger partial charge in [-0.1, -0.05) is 11.3 Å². The van der Waals surface area contributed by atoms with Crippen LogP contribution in [0.1, 0.15) is 39.3 Å². The summed E-state index contributed by atoms with van der Waals surface area (Å²) >= 11 is 1.53. The predicted octanol–water partition coefficient (Wildman–Crippen LogP) is 4.23. The van der Waals surface area contributed by atoms with E-state index in [1.165, 1.54) is 11.3 Å². The molecule has 4 heterocycles. The highest BCUT2D eigenvalue weighted by Gasteiger charge is 2.27. The molecule has 1 aliphatic rings. The van der Waals surface area contributed by atoms with E-state index >= 15 is 0 Å². The average Bonchev–Trinajstić information content (AvgIpc) is 3.27. The largest absolute Gasteiger partial charge is 0.495 e. The standard InChI is InChI=1S/C22H30N6O3S/c1-14-18(16-10-17(30-5)13-23-12-16)28-20(25-14)32-19(26-28)24-11-15-6-8-27(9-7-15)21(29)31-22(2,3)4/h10,12-13,15H,6-9,11H2,1-5H3,(H,24,26). The third kappa shape index (κ3) is 4.95. The summed E-state index contributed by atoms with van der Waals surface area (Å²) < 4.78 is 12.7. The number of nitrogens with one attached hydrogen (secondary N) is 1. The van der Waals surface area contributed by atoms with Crippen molar-refractivity contribution in [3.8, 4) is 17.0 Å². The Labute approximate surface area is 191 Å². The van der Waals surface area contributed by atoms with E-state index in [1.54, 1.807) is 24.4 Å². The lowest BCUT2D eigenvalue weighted by Crippen LogP contribution is -2.42. The number of anilines is 1. The number of amides is 1. The summed E-state index contributed by atoms with van der Waals surface area (Å²) in [5.41, 5.74) is 2.28. The van der Waals surface area contributed by atoms with Crippen molar-refractivity contribution < 1.29 is 14.3 Å². The van der Waals surface area contributed by atoms with Gasteiger partial charge in [-0.2, -0.15) is 0 Å². The minimum atomic E-state index is -0.462. The molecule has 32 heavy (non-hydrogen) atoms. The zero-order valence-electron chi connectivity index (χ0n) is 19.2. The molecule has 0 radical (unpaired) electrons. The van der Waals surface area contributed by atoms with Crippen LogP contribution >= 0.6 is 11.3 Å². The van der Waals surface area contributed by atoms with Gasteiger partial charge in [0.25, 0.3) is 0 Å². The van der Waals surface area contributed by atoms with E-state index in [4.69, 9.17) is 14.6 Å². The fraction of sp³-hybridized carbons (Fsp3) is 0.545. The van der Waals surface area contributed by atoms with Crippen LogP contribution in [-0.2, 0) is 4.74 Å². The SMILES string of the molecule is COc1cncc(-c2c(C)nc3sc(NCC4CCN(C(=O)OC(C)(C)C)CC4)nn23)c1. The summed E-state index contributed by atoms with van der Waals surface area (Å²) in [5.74, 6) is 1.18. The Hall–Kier alpha value is -2.88. The smallest absolute Gasteiger partial charge is 0.410 e. The van der Waals surface area contributed by atoms with Crippen LogP contribution in [0.3, 0.4) is 0 Å². The Morgan fingerprint density at radius 3 is 2.72 bits per heavy atom. The molecule has 1 aliphatic heterocycles. The van der Waals surface area contributed by atoms with Crippen molar-refractivity contribution in [1.82, 2.24) is 24.5 Å². The first-order valence-electron chi connectivity index (χ1n) is 10.8. The highest BCUT2D eigenvalue weighted by molar-refractivity contribution is 7.20. The molecular weight excluding hydrogens is 428 g/mol. The van der Waals surface area contributed by atoms with E-state index in [0.29, 0.717) is 24.8 Å². The molecule has 0 aliphatic carbocycles. The quantitative estimate of drug-likeness (QED) is 0.611. The maximum absolute atomic E-state index is 12.2. The molecule has 0 saturated carbocycles. The number of likely N-dealkylation sites (tertiary alicyclic amines) is 1. The lowest BCUT2D eigenvalue weighted by molar-refractivity contribution is 0.0188. The van der Waals surface area contributed by atoms with E-state index in [0.717, 1.165) is 46.4 Å². The number of aromatic nitrogens is 4. The molecule has 10 heteroatoms. The number of ether oxygens (including phenoxy) is 2. The summed E-state index contributed by atoms with van der Waals surface area (Å²) in [7, 11) is 1.63. The van der Waals surface area contributed by atoms with Gasteiger partial charge in [0.1, 0.15) is 11.4 Å². The average molecular weight is 459 g/mol. The zero-order valence-corrected chi connectivity index (χ0v) is 20.0. The third-order valence-corrected chi connectivity index (χ3v) is 6.27. The summed E-state index contributed by atoms with van der Waals surface area (Å²) in [6.07, 6.45) is 5.13.